The minimum atomic E-state index is -0.574. The number of nitrogens with one attached hydrogen (secondary N) is 3. The van der Waals surface area contributed by atoms with Crippen molar-refractivity contribution < 1.29 is 14.4 Å². The van der Waals surface area contributed by atoms with E-state index in [0.717, 1.165) is 75.1 Å². The molecule has 0 bridgehead atoms. The topological polar surface area (TPSA) is 110 Å². The molecule has 1 aromatic carbocycles. The third kappa shape index (κ3) is 4.46. The quantitative estimate of drug-likeness (QED) is 0.553. The van der Waals surface area contributed by atoms with Crippen LogP contribution in [0.15, 0.2) is 24.3 Å². The number of amides is 3. The lowest BCUT2D eigenvalue weighted by molar-refractivity contribution is -0.136. The number of carbonyl (C=O) groups excluding carboxylic acids is 3. The molecule has 1 aromatic heterocycles. The highest BCUT2D eigenvalue weighted by molar-refractivity contribution is 6.06. The van der Waals surface area contributed by atoms with Crippen LogP contribution < -0.4 is 10.6 Å². The van der Waals surface area contributed by atoms with Gasteiger partial charge >= 0.3 is 0 Å². The monoisotopic (exact) mass is 490 g/mol. The number of likely N-dealkylation sites (tertiary alicyclic amines) is 1. The number of hydrogen-bond acceptors (Lipinski definition) is 6. The molecule has 3 N–H and O–H groups in total. The standard InChI is InChI=1S/C27H34N6O3/c34-24-5-4-23(26(35)29-24)33-16-20-3-1-2-19(25(20)27(33)36)15-32-12-8-18(9-13-32)22-14-21(30-31-22)17-6-10-28-11-7-17/h1-3,14,17-18,23,28H,4-13,15-16H2,(H,30,31)(H,29,34,35). The van der Waals surface area contributed by atoms with E-state index < -0.39 is 6.04 Å². The lowest BCUT2D eigenvalue weighted by Gasteiger charge is -2.32. The van der Waals surface area contributed by atoms with Gasteiger partial charge in [-0.2, -0.15) is 5.10 Å². The Labute approximate surface area is 211 Å². The highest BCUT2D eigenvalue weighted by Crippen LogP contribution is 2.33. The predicted octanol–water partition coefficient (Wildman–Crippen LogP) is 2.02. The Morgan fingerprint density at radius 1 is 0.972 bits per heavy atom. The molecule has 5 heterocycles. The second-order valence-corrected chi connectivity index (χ2v) is 10.7. The number of fused-ring (bicyclic) bond motifs is 1. The molecule has 2 aromatic rings. The molecule has 1 atom stereocenters. The molecule has 4 aliphatic rings. The molecular formula is C27H34N6O3. The van der Waals surface area contributed by atoms with Gasteiger partial charge in [0.25, 0.3) is 5.91 Å². The van der Waals surface area contributed by atoms with E-state index in [1.54, 1.807) is 4.90 Å². The van der Waals surface area contributed by atoms with Crippen molar-refractivity contribution >= 4 is 17.7 Å². The maximum atomic E-state index is 13.4. The zero-order valence-electron chi connectivity index (χ0n) is 20.6. The first kappa shape index (κ1) is 23.4. The fourth-order valence-corrected chi connectivity index (χ4v) is 6.35. The lowest BCUT2D eigenvalue weighted by atomic mass is 9.90. The fraction of sp³-hybridized carbons (Fsp3) is 0.556. The van der Waals surface area contributed by atoms with Gasteiger partial charge in [-0.1, -0.05) is 18.2 Å². The number of aromatic nitrogens is 2. The summed E-state index contributed by atoms with van der Waals surface area (Å²) >= 11 is 0. The van der Waals surface area contributed by atoms with Gasteiger partial charge in [0.1, 0.15) is 6.04 Å². The van der Waals surface area contributed by atoms with Gasteiger partial charge in [-0.15, -0.1) is 0 Å². The Kier molecular flexibility index (Phi) is 6.35. The van der Waals surface area contributed by atoms with Crippen molar-refractivity contribution in [2.24, 2.45) is 0 Å². The minimum Gasteiger partial charge on any atom is -0.322 e. The van der Waals surface area contributed by atoms with E-state index >= 15 is 0 Å². The molecule has 0 saturated carbocycles. The van der Waals surface area contributed by atoms with Gasteiger partial charge in [-0.05, 0) is 75.5 Å². The summed E-state index contributed by atoms with van der Waals surface area (Å²) in [6, 6.07) is 7.75. The van der Waals surface area contributed by atoms with Crippen molar-refractivity contribution in [2.75, 3.05) is 26.2 Å². The van der Waals surface area contributed by atoms with E-state index in [2.05, 4.69) is 31.8 Å². The Balaban J connectivity index is 1.09. The summed E-state index contributed by atoms with van der Waals surface area (Å²) in [5.41, 5.74) is 5.22. The molecule has 3 saturated heterocycles. The average Bonchev–Trinajstić information content (AvgIpc) is 3.51. The first-order valence-corrected chi connectivity index (χ1v) is 13.3. The molecule has 4 aliphatic heterocycles. The average molecular weight is 491 g/mol. The molecule has 190 valence electrons. The van der Waals surface area contributed by atoms with Crippen molar-refractivity contribution in [3.05, 3.63) is 52.3 Å². The molecule has 0 aliphatic carbocycles. The largest absolute Gasteiger partial charge is 0.322 e. The number of hydrogen-bond donors (Lipinski definition) is 3. The van der Waals surface area contributed by atoms with Crippen LogP contribution in [0.2, 0.25) is 0 Å². The first-order chi connectivity index (χ1) is 17.6. The SMILES string of the molecule is O=C1CCC(N2Cc3cccc(CN4CCC(c5cc(C6CCNCC6)n[nH]5)CC4)c3C2=O)C(=O)N1. The highest BCUT2D eigenvalue weighted by atomic mass is 16.2. The summed E-state index contributed by atoms with van der Waals surface area (Å²) in [7, 11) is 0. The normalized spacial score (nSPS) is 24.3. The van der Waals surface area contributed by atoms with Crippen LogP contribution in [0.5, 0.6) is 0 Å². The maximum absolute atomic E-state index is 13.4. The van der Waals surface area contributed by atoms with E-state index in [9.17, 15) is 14.4 Å². The Morgan fingerprint density at radius 2 is 1.78 bits per heavy atom. The van der Waals surface area contributed by atoms with Crippen LogP contribution >= 0.6 is 0 Å². The number of aromatic amines is 1. The third-order valence-corrected chi connectivity index (χ3v) is 8.44. The smallest absolute Gasteiger partial charge is 0.255 e. The number of carbonyl (C=O) groups is 3. The van der Waals surface area contributed by atoms with Gasteiger partial charge in [0, 0.05) is 42.6 Å². The number of benzene rings is 1. The van der Waals surface area contributed by atoms with E-state index in [0.29, 0.717) is 24.8 Å². The van der Waals surface area contributed by atoms with Gasteiger partial charge in [0.2, 0.25) is 11.8 Å². The summed E-state index contributed by atoms with van der Waals surface area (Å²) in [5, 5.41) is 13.8. The van der Waals surface area contributed by atoms with E-state index in [-0.39, 0.29) is 24.1 Å². The Hall–Kier alpha value is -3.04. The van der Waals surface area contributed by atoms with Crippen LogP contribution in [-0.4, -0.2) is 69.9 Å². The van der Waals surface area contributed by atoms with Gasteiger partial charge in [0.15, 0.2) is 0 Å². The summed E-state index contributed by atoms with van der Waals surface area (Å²) in [4.78, 5) is 41.4. The second kappa shape index (κ2) is 9.78. The molecule has 9 nitrogen and oxygen atoms in total. The Bertz CT molecular complexity index is 1160. The third-order valence-electron chi connectivity index (χ3n) is 8.44. The van der Waals surface area contributed by atoms with Gasteiger partial charge < -0.3 is 10.2 Å². The summed E-state index contributed by atoms with van der Waals surface area (Å²) in [6.07, 6.45) is 5.11. The first-order valence-electron chi connectivity index (χ1n) is 13.3. The van der Waals surface area contributed by atoms with E-state index in [1.807, 2.05) is 18.2 Å². The highest BCUT2D eigenvalue weighted by Gasteiger charge is 2.40. The van der Waals surface area contributed by atoms with Crippen LogP contribution in [0.3, 0.4) is 0 Å². The van der Waals surface area contributed by atoms with Crippen molar-refractivity contribution in [3.8, 4) is 0 Å². The number of rotatable bonds is 5. The zero-order chi connectivity index (χ0) is 24.6. The molecule has 0 radical (unpaired) electrons. The van der Waals surface area contributed by atoms with Gasteiger partial charge in [0.05, 0.1) is 5.69 Å². The number of imide groups is 1. The van der Waals surface area contributed by atoms with Crippen LogP contribution in [0.25, 0.3) is 0 Å². The summed E-state index contributed by atoms with van der Waals surface area (Å²) in [5.74, 6) is 0.345. The lowest BCUT2D eigenvalue weighted by Crippen LogP contribution is -2.52. The van der Waals surface area contributed by atoms with E-state index in [4.69, 9.17) is 0 Å². The van der Waals surface area contributed by atoms with Gasteiger partial charge in [-0.25, -0.2) is 0 Å². The molecule has 1 unspecified atom stereocenters. The van der Waals surface area contributed by atoms with Crippen LogP contribution in [0, 0.1) is 0 Å². The molecular weight excluding hydrogens is 456 g/mol. The minimum absolute atomic E-state index is 0.0899. The van der Waals surface area contributed by atoms with Gasteiger partial charge in [-0.3, -0.25) is 29.7 Å². The number of piperidine rings is 3. The Morgan fingerprint density at radius 3 is 2.56 bits per heavy atom. The van der Waals surface area contributed by atoms with Crippen LogP contribution in [0.1, 0.15) is 83.2 Å². The second-order valence-electron chi connectivity index (χ2n) is 10.7. The molecule has 0 spiro atoms. The molecule has 6 rings (SSSR count). The van der Waals surface area contributed by atoms with Crippen molar-refractivity contribution in [3.63, 3.8) is 0 Å². The maximum Gasteiger partial charge on any atom is 0.255 e. The fourth-order valence-electron chi connectivity index (χ4n) is 6.35. The van der Waals surface area contributed by atoms with Crippen molar-refractivity contribution in [1.82, 2.24) is 30.6 Å². The molecule has 36 heavy (non-hydrogen) atoms. The zero-order valence-corrected chi connectivity index (χ0v) is 20.6. The van der Waals surface area contributed by atoms with Crippen LogP contribution in [-0.2, 0) is 22.7 Å². The molecule has 9 heteroatoms. The molecule has 3 fully saturated rings. The summed E-state index contributed by atoms with van der Waals surface area (Å²) < 4.78 is 0. The molecule has 3 amide bonds. The van der Waals surface area contributed by atoms with E-state index in [1.165, 1.54) is 11.4 Å². The number of nitrogens with zero attached hydrogens (tertiary/aromatic N) is 3. The predicted molar refractivity (Wildman–Crippen MR) is 133 cm³/mol. The van der Waals surface area contributed by atoms with Crippen molar-refractivity contribution in [1.29, 1.82) is 0 Å². The van der Waals surface area contributed by atoms with Crippen molar-refractivity contribution in [2.45, 2.75) is 69.5 Å². The van der Waals surface area contributed by atoms with Crippen LogP contribution in [0.4, 0.5) is 0 Å². The number of H-pyrrole nitrogens is 1. The summed E-state index contributed by atoms with van der Waals surface area (Å²) in [6.45, 7) is 5.25.